The van der Waals surface area contributed by atoms with Crippen LogP contribution in [0.25, 0.3) is 0 Å². The molecule has 0 fully saturated rings. The van der Waals surface area contributed by atoms with E-state index in [2.05, 4.69) is 15.6 Å². The summed E-state index contributed by atoms with van der Waals surface area (Å²) in [5.41, 5.74) is -0.0702. The highest BCUT2D eigenvalue weighted by Crippen LogP contribution is 2.18. The van der Waals surface area contributed by atoms with Crippen LogP contribution in [0.1, 0.15) is 24.2 Å². The number of anilines is 1. The first-order chi connectivity index (χ1) is 9.60. The number of carbonyl (C=O) groups excluding carboxylic acids is 1. The molecule has 1 rings (SSSR count). The fourth-order valence-electron chi connectivity index (χ4n) is 1.51. The maximum atomic E-state index is 12.0. The quantitative estimate of drug-likeness (QED) is 0.421. The number of hydrogen-bond donors (Lipinski definition) is 2. The van der Waals surface area contributed by atoms with Gasteiger partial charge in [-0.15, -0.1) is 0 Å². The van der Waals surface area contributed by atoms with Crippen LogP contribution >= 0.6 is 0 Å². The molecule has 0 saturated carbocycles. The molecule has 20 heavy (non-hydrogen) atoms. The van der Waals surface area contributed by atoms with Crippen molar-refractivity contribution in [2.45, 2.75) is 13.8 Å². The van der Waals surface area contributed by atoms with Gasteiger partial charge < -0.3 is 15.4 Å². The summed E-state index contributed by atoms with van der Waals surface area (Å²) in [6.45, 7) is 5.55. The molecule has 2 N–H and O–H groups in total. The summed E-state index contributed by atoms with van der Waals surface area (Å²) in [4.78, 5) is 26.1. The molecule has 0 aliphatic carbocycles. The minimum atomic E-state index is -0.584. The molecule has 0 spiro atoms. The van der Waals surface area contributed by atoms with Crippen LogP contribution < -0.4 is 10.6 Å². The molecular formula is C12H18N4O4. The lowest BCUT2D eigenvalue weighted by atomic mass is 10.2. The van der Waals surface area contributed by atoms with Crippen molar-refractivity contribution in [3.63, 3.8) is 0 Å². The molecule has 0 saturated heterocycles. The lowest BCUT2D eigenvalue weighted by Gasteiger charge is -2.10. The Hall–Kier alpha value is -2.22. The van der Waals surface area contributed by atoms with E-state index in [-0.39, 0.29) is 11.3 Å². The monoisotopic (exact) mass is 282 g/mol. The van der Waals surface area contributed by atoms with Crippen molar-refractivity contribution in [1.29, 1.82) is 0 Å². The van der Waals surface area contributed by atoms with Crippen LogP contribution in [-0.2, 0) is 4.74 Å². The highest BCUT2D eigenvalue weighted by atomic mass is 16.6. The smallest absolute Gasteiger partial charge is 0.288 e. The molecule has 1 amide bonds. The van der Waals surface area contributed by atoms with Crippen LogP contribution in [-0.4, -0.2) is 42.1 Å². The van der Waals surface area contributed by atoms with E-state index >= 15 is 0 Å². The maximum Gasteiger partial charge on any atom is 0.288 e. The zero-order chi connectivity index (χ0) is 15.0. The molecule has 0 bridgehead atoms. The fraction of sp³-hybridized carbons (Fsp3) is 0.500. The molecule has 0 radical (unpaired) electrons. The van der Waals surface area contributed by atoms with Gasteiger partial charge in [0.2, 0.25) is 0 Å². The van der Waals surface area contributed by atoms with Gasteiger partial charge >= 0.3 is 0 Å². The van der Waals surface area contributed by atoms with Gasteiger partial charge in [0.1, 0.15) is 12.0 Å². The van der Waals surface area contributed by atoms with Crippen molar-refractivity contribution < 1.29 is 14.5 Å². The number of nitrogens with zero attached hydrogens (tertiary/aromatic N) is 2. The second kappa shape index (κ2) is 8.05. The van der Waals surface area contributed by atoms with Crippen molar-refractivity contribution >= 4 is 17.4 Å². The van der Waals surface area contributed by atoms with Crippen LogP contribution in [0.15, 0.2) is 12.3 Å². The minimum absolute atomic E-state index is 0.151. The van der Waals surface area contributed by atoms with E-state index in [9.17, 15) is 14.9 Å². The van der Waals surface area contributed by atoms with E-state index in [1.807, 2.05) is 13.8 Å². The first-order valence-electron chi connectivity index (χ1n) is 6.34. The molecular weight excluding hydrogens is 264 g/mol. The Morgan fingerprint density at radius 2 is 2.25 bits per heavy atom. The number of pyridine rings is 1. The van der Waals surface area contributed by atoms with Crippen molar-refractivity contribution in [3.05, 3.63) is 27.9 Å². The minimum Gasteiger partial charge on any atom is -0.380 e. The van der Waals surface area contributed by atoms with Gasteiger partial charge in [0.15, 0.2) is 0 Å². The summed E-state index contributed by atoms with van der Waals surface area (Å²) in [5.74, 6) is -0.0936. The summed E-state index contributed by atoms with van der Waals surface area (Å²) in [6.07, 6.45) is 1.12. The molecule has 0 aliphatic heterocycles. The zero-order valence-corrected chi connectivity index (χ0v) is 11.5. The van der Waals surface area contributed by atoms with Gasteiger partial charge in [-0.2, -0.15) is 0 Å². The fourth-order valence-corrected chi connectivity index (χ4v) is 1.51. The second-order valence-corrected chi connectivity index (χ2v) is 3.83. The Bertz CT molecular complexity index is 479. The Kier molecular flexibility index (Phi) is 6.38. The number of amides is 1. The zero-order valence-electron chi connectivity index (χ0n) is 11.5. The average molecular weight is 282 g/mol. The lowest BCUT2D eigenvalue weighted by molar-refractivity contribution is -0.385. The van der Waals surface area contributed by atoms with E-state index in [1.54, 1.807) is 0 Å². The average Bonchev–Trinajstić information content (AvgIpc) is 2.44. The lowest BCUT2D eigenvalue weighted by Crippen LogP contribution is -2.28. The van der Waals surface area contributed by atoms with Gasteiger partial charge in [-0.05, 0) is 13.8 Å². The number of aromatic nitrogens is 1. The van der Waals surface area contributed by atoms with Crippen molar-refractivity contribution in [2.75, 3.05) is 31.6 Å². The summed E-state index contributed by atoms with van der Waals surface area (Å²) >= 11 is 0. The van der Waals surface area contributed by atoms with Crippen LogP contribution in [0.3, 0.4) is 0 Å². The Morgan fingerprint density at radius 1 is 1.50 bits per heavy atom. The predicted molar refractivity (Wildman–Crippen MR) is 73.9 cm³/mol. The molecule has 1 aromatic rings. The topological polar surface area (TPSA) is 106 Å². The first kappa shape index (κ1) is 15.8. The predicted octanol–water partition coefficient (Wildman–Crippen LogP) is 1.19. The summed E-state index contributed by atoms with van der Waals surface area (Å²) in [6, 6.07) is 1.21. The Labute approximate surface area is 116 Å². The number of ether oxygens (including phenoxy) is 1. The number of hydrogen-bond acceptors (Lipinski definition) is 6. The van der Waals surface area contributed by atoms with E-state index < -0.39 is 10.8 Å². The van der Waals surface area contributed by atoms with Crippen molar-refractivity contribution in [2.24, 2.45) is 0 Å². The van der Waals surface area contributed by atoms with Gasteiger partial charge in [-0.3, -0.25) is 14.9 Å². The van der Waals surface area contributed by atoms with Gasteiger partial charge in [-0.1, -0.05) is 0 Å². The Morgan fingerprint density at radius 3 is 2.85 bits per heavy atom. The third-order valence-electron chi connectivity index (χ3n) is 2.41. The molecule has 8 nitrogen and oxygen atoms in total. The molecule has 0 aromatic carbocycles. The van der Waals surface area contributed by atoms with Crippen molar-refractivity contribution in [1.82, 2.24) is 10.3 Å². The standard InChI is InChI=1S/C12H18N4O4/c1-3-13-11-10(7-9(8-15-11)16(18)19)12(17)14-5-6-20-4-2/h7-8H,3-6H2,1-2H3,(H,13,15)(H,14,17). The highest BCUT2D eigenvalue weighted by Gasteiger charge is 2.17. The normalized spacial score (nSPS) is 10.1. The number of rotatable bonds is 8. The Balaban J connectivity index is 2.85. The number of carbonyl (C=O) groups is 1. The first-order valence-corrected chi connectivity index (χ1v) is 6.34. The molecule has 1 aromatic heterocycles. The maximum absolute atomic E-state index is 12.0. The van der Waals surface area contributed by atoms with Gasteiger partial charge in [-0.25, -0.2) is 4.98 Å². The third kappa shape index (κ3) is 4.47. The van der Waals surface area contributed by atoms with Gasteiger partial charge in [0.05, 0.1) is 17.1 Å². The van der Waals surface area contributed by atoms with E-state index in [1.165, 1.54) is 6.07 Å². The molecule has 110 valence electrons. The molecule has 8 heteroatoms. The highest BCUT2D eigenvalue weighted by molar-refractivity contribution is 5.99. The largest absolute Gasteiger partial charge is 0.380 e. The molecule has 0 atom stereocenters. The van der Waals surface area contributed by atoms with Gasteiger partial charge in [0, 0.05) is 25.8 Å². The SMILES string of the molecule is CCNc1ncc([N+](=O)[O-])cc1C(=O)NCCOCC. The van der Waals surface area contributed by atoms with Crippen molar-refractivity contribution in [3.8, 4) is 0 Å². The van der Waals surface area contributed by atoms with Gasteiger partial charge in [0.25, 0.3) is 11.6 Å². The molecule has 0 aliphatic rings. The van der Waals surface area contributed by atoms with Crippen LogP contribution in [0.4, 0.5) is 11.5 Å². The molecule has 0 unspecified atom stereocenters. The summed E-state index contributed by atoms with van der Waals surface area (Å²) in [5, 5.41) is 16.3. The number of nitro groups is 1. The third-order valence-corrected chi connectivity index (χ3v) is 2.41. The second-order valence-electron chi connectivity index (χ2n) is 3.83. The van der Waals surface area contributed by atoms with E-state index in [0.29, 0.717) is 32.1 Å². The van der Waals surface area contributed by atoms with Crippen LogP contribution in [0.2, 0.25) is 0 Å². The number of nitrogens with one attached hydrogen (secondary N) is 2. The van der Waals surface area contributed by atoms with Crippen LogP contribution in [0.5, 0.6) is 0 Å². The molecule has 1 heterocycles. The van der Waals surface area contributed by atoms with Crippen LogP contribution in [0, 0.1) is 10.1 Å². The summed E-state index contributed by atoms with van der Waals surface area (Å²) < 4.78 is 5.11. The van der Waals surface area contributed by atoms with E-state index in [4.69, 9.17) is 4.74 Å². The van der Waals surface area contributed by atoms with E-state index in [0.717, 1.165) is 6.20 Å². The summed E-state index contributed by atoms with van der Waals surface area (Å²) in [7, 11) is 0.